The fourth-order valence-electron chi connectivity index (χ4n) is 3.41. The number of carbonyl (C=O) groups is 2. The van der Waals surface area contributed by atoms with E-state index < -0.39 is 17.7 Å². The lowest BCUT2D eigenvalue weighted by atomic mass is 9.99. The van der Waals surface area contributed by atoms with Crippen molar-refractivity contribution in [3.8, 4) is 0 Å². The van der Waals surface area contributed by atoms with Crippen LogP contribution in [0.2, 0.25) is 0 Å². The van der Waals surface area contributed by atoms with Gasteiger partial charge in [-0.2, -0.15) is 0 Å². The molecule has 1 fully saturated rings. The summed E-state index contributed by atoms with van der Waals surface area (Å²) in [5.74, 6) is -1.32. The minimum absolute atomic E-state index is 0.118. The lowest BCUT2D eigenvalue weighted by Gasteiger charge is -2.23. The summed E-state index contributed by atoms with van der Waals surface area (Å²) < 4.78 is 0. The van der Waals surface area contributed by atoms with Crippen LogP contribution in [-0.2, 0) is 22.6 Å². The smallest absolute Gasteiger partial charge is 0.296 e. The van der Waals surface area contributed by atoms with Gasteiger partial charge in [0, 0.05) is 15.3 Å². The molecule has 0 spiro atoms. The Bertz CT molecular complexity index is 1020. The van der Waals surface area contributed by atoms with Gasteiger partial charge in [-0.1, -0.05) is 43.3 Å². The number of nitrogens with zero attached hydrogens (tertiary/aromatic N) is 1. The molecule has 3 aromatic rings. The lowest BCUT2D eigenvalue weighted by Crippen LogP contribution is -2.28. The number of amides is 1. The Hall–Kier alpha value is -2.70. The molecule has 1 aromatic carbocycles. The average molecular weight is 410 g/mol. The summed E-state index contributed by atoms with van der Waals surface area (Å²) in [6, 6.07) is 14.5. The minimum Gasteiger partial charge on any atom is -0.507 e. The van der Waals surface area contributed by atoms with E-state index in [0.717, 1.165) is 21.7 Å². The van der Waals surface area contributed by atoms with Crippen LogP contribution in [0.1, 0.15) is 33.8 Å². The predicted octanol–water partition coefficient (Wildman–Crippen LogP) is 4.99. The number of carbonyl (C=O) groups excluding carboxylic acids is 2. The molecule has 1 amide bonds. The fourth-order valence-corrected chi connectivity index (χ4v) is 4.96. The highest BCUT2D eigenvalue weighted by atomic mass is 32.1. The summed E-state index contributed by atoms with van der Waals surface area (Å²) in [5.41, 5.74) is 1.85. The van der Waals surface area contributed by atoms with Crippen molar-refractivity contribution in [2.45, 2.75) is 25.9 Å². The summed E-state index contributed by atoms with van der Waals surface area (Å²) in [7, 11) is 0. The Labute approximate surface area is 171 Å². The van der Waals surface area contributed by atoms with E-state index in [2.05, 4.69) is 6.92 Å². The molecule has 1 saturated heterocycles. The first kappa shape index (κ1) is 18.7. The van der Waals surface area contributed by atoms with Gasteiger partial charge in [-0.15, -0.1) is 22.7 Å². The van der Waals surface area contributed by atoms with Crippen molar-refractivity contribution < 1.29 is 14.7 Å². The molecule has 0 saturated carbocycles. The van der Waals surface area contributed by atoms with Crippen molar-refractivity contribution in [3.63, 3.8) is 0 Å². The molecule has 1 N–H and O–H groups in total. The van der Waals surface area contributed by atoms with Crippen molar-refractivity contribution >= 4 is 40.1 Å². The number of aryl methyl sites for hydroxylation is 1. The maximum Gasteiger partial charge on any atom is 0.296 e. The van der Waals surface area contributed by atoms with Crippen LogP contribution in [0, 0.1) is 0 Å². The third-order valence-corrected chi connectivity index (χ3v) is 6.68. The maximum absolute atomic E-state index is 12.9. The second-order valence-corrected chi connectivity index (χ2v) is 8.58. The molecule has 1 aliphatic heterocycles. The molecule has 1 aliphatic rings. The Morgan fingerprint density at radius 2 is 1.75 bits per heavy atom. The zero-order chi connectivity index (χ0) is 19.7. The van der Waals surface area contributed by atoms with Gasteiger partial charge in [-0.05, 0) is 34.9 Å². The first-order valence-corrected chi connectivity index (χ1v) is 10.8. The van der Waals surface area contributed by atoms with Gasteiger partial charge in [-0.25, -0.2) is 0 Å². The van der Waals surface area contributed by atoms with Crippen LogP contribution >= 0.6 is 22.7 Å². The molecule has 1 unspecified atom stereocenters. The van der Waals surface area contributed by atoms with Gasteiger partial charge in [0.2, 0.25) is 0 Å². The van der Waals surface area contributed by atoms with Crippen LogP contribution in [0.5, 0.6) is 0 Å². The van der Waals surface area contributed by atoms with Crippen LogP contribution in [0.25, 0.3) is 5.76 Å². The van der Waals surface area contributed by atoms with Crippen LogP contribution in [0.15, 0.2) is 64.9 Å². The molecule has 4 nitrogen and oxygen atoms in total. The summed E-state index contributed by atoms with van der Waals surface area (Å²) in [6.45, 7) is 2.40. The predicted molar refractivity (Wildman–Crippen MR) is 112 cm³/mol. The van der Waals surface area contributed by atoms with E-state index >= 15 is 0 Å². The molecule has 142 valence electrons. The van der Waals surface area contributed by atoms with Gasteiger partial charge in [0.15, 0.2) is 0 Å². The number of likely N-dealkylation sites (tertiary alicyclic amines) is 1. The second kappa shape index (κ2) is 7.73. The highest BCUT2D eigenvalue weighted by Crippen LogP contribution is 2.42. The number of Topliss-reactive ketones (excluding diaryl/α,β-unsaturated/α-hetero) is 1. The summed E-state index contributed by atoms with van der Waals surface area (Å²) in [4.78, 5) is 29.1. The van der Waals surface area contributed by atoms with E-state index in [9.17, 15) is 14.7 Å². The third kappa shape index (κ3) is 3.30. The van der Waals surface area contributed by atoms with Crippen LogP contribution in [0.4, 0.5) is 0 Å². The standard InChI is InChI=1S/C22H19NO3S2/c1-2-14-7-9-15(10-8-14)20(24)18-19(17-6-4-12-28-17)23(22(26)21(18)25)13-16-5-3-11-27-16/h3-12,19,24H,2,13H2,1H3/b20-18-. The summed E-state index contributed by atoms with van der Waals surface area (Å²) in [5, 5.41) is 14.8. The molecule has 0 aliphatic carbocycles. The Kier molecular flexibility index (Phi) is 5.15. The van der Waals surface area contributed by atoms with Crippen molar-refractivity contribution in [3.05, 3.63) is 85.7 Å². The monoisotopic (exact) mass is 409 g/mol. The van der Waals surface area contributed by atoms with E-state index in [-0.39, 0.29) is 11.3 Å². The number of hydrogen-bond donors (Lipinski definition) is 1. The fraction of sp³-hybridized carbons (Fsp3) is 0.182. The van der Waals surface area contributed by atoms with Crippen LogP contribution < -0.4 is 0 Å². The highest BCUT2D eigenvalue weighted by Gasteiger charge is 2.46. The second-order valence-electron chi connectivity index (χ2n) is 6.57. The zero-order valence-corrected chi connectivity index (χ0v) is 16.9. The van der Waals surface area contributed by atoms with Crippen molar-refractivity contribution in [1.29, 1.82) is 0 Å². The molecule has 2 aromatic heterocycles. The average Bonchev–Trinajstić information content (AvgIpc) is 3.46. The molecule has 0 bridgehead atoms. The topological polar surface area (TPSA) is 57.6 Å². The summed E-state index contributed by atoms with van der Waals surface area (Å²) in [6.07, 6.45) is 0.890. The van der Waals surface area contributed by atoms with Gasteiger partial charge < -0.3 is 10.0 Å². The quantitative estimate of drug-likeness (QED) is 0.367. The third-order valence-electron chi connectivity index (χ3n) is 4.89. The SMILES string of the molecule is CCc1ccc(/C(O)=C2/C(=O)C(=O)N(Cc3cccs3)C2c2cccs2)cc1. The molecular weight excluding hydrogens is 390 g/mol. The molecule has 6 heteroatoms. The number of hydrogen-bond acceptors (Lipinski definition) is 5. The van der Waals surface area contributed by atoms with Gasteiger partial charge in [0.25, 0.3) is 11.7 Å². The number of ketones is 1. The molecule has 28 heavy (non-hydrogen) atoms. The van der Waals surface area contributed by atoms with Crippen molar-refractivity contribution in [2.75, 3.05) is 0 Å². The first-order chi connectivity index (χ1) is 13.6. The van der Waals surface area contributed by atoms with E-state index in [1.54, 1.807) is 28.4 Å². The summed E-state index contributed by atoms with van der Waals surface area (Å²) >= 11 is 3.02. The number of rotatable bonds is 5. The van der Waals surface area contributed by atoms with E-state index in [0.29, 0.717) is 12.1 Å². The number of aliphatic hydroxyl groups excluding tert-OH is 1. The molecule has 0 radical (unpaired) electrons. The number of aliphatic hydroxyl groups is 1. The van der Waals surface area contributed by atoms with Gasteiger partial charge in [-0.3, -0.25) is 9.59 Å². The first-order valence-electron chi connectivity index (χ1n) is 9.03. The number of thiophene rings is 2. The Morgan fingerprint density at radius 1 is 1.04 bits per heavy atom. The highest BCUT2D eigenvalue weighted by molar-refractivity contribution is 7.10. The molecular formula is C22H19NO3S2. The lowest BCUT2D eigenvalue weighted by molar-refractivity contribution is -0.140. The molecule has 4 rings (SSSR count). The van der Waals surface area contributed by atoms with Crippen LogP contribution in [-0.4, -0.2) is 21.7 Å². The zero-order valence-electron chi connectivity index (χ0n) is 15.3. The number of benzene rings is 1. The van der Waals surface area contributed by atoms with Gasteiger partial charge >= 0.3 is 0 Å². The normalized spacial score (nSPS) is 18.8. The van der Waals surface area contributed by atoms with Gasteiger partial charge in [0.05, 0.1) is 12.1 Å². The Balaban J connectivity index is 1.81. The van der Waals surface area contributed by atoms with Gasteiger partial charge in [0.1, 0.15) is 11.8 Å². The molecule has 3 heterocycles. The minimum atomic E-state index is -0.632. The van der Waals surface area contributed by atoms with Crippen molar-refractivity contribution in [2.24, 2.45) is 0 Å². The van der Waals surface area contributed by atoms with E-state index in [1.807, 2.05) is 47.2 Å². The molecule has 1 atom stereocenters. The maximum atomic E-state index is 12.9. The van der Waals surface area contributed by atoms with Crippen molar-refractivity contribution in [1.82, 2.24) is 4.90 Å². The van der Waals surface area contributed by atoms with Crippen LogP contribution in [0.3, 0.4) is 0 Å². The largest absolute Gasteiger partial charge is 0.507 e. The van der Waals surface area contributed by atoms with E-state index in [1.165, 1.54) is 11.3 Å². The Morgan fingerprint density at radius 3 is 2.36 bits per heavy atom. The van der Waals surface area contributed by atoms with E-state index in [4.69, 9.17) is 0 Å².